The molecule has 2 atom stereocenters. The van der Waals surface area contributed by atoms with E-state index in [0.29, 0.717) is 22.8 Å². The first kappa shape index (κ1) is 18.0. The van der Waals surface area contributed by atoms with E-state index in [1.807, 2.05) is 0 Å². The number of halogens is 1. The van der Waals surface area contributed by atoms with Crippen molar-refractivity contribution in [3.05, 3.63) is 29.6 Å². The van der Waals surface area contributed by atoms with Gasteiger partial charge in [-0.15, -0.1) is 0 Å². The topological polar surface area (TPSA) is 87.7 Å². The molecular formula is C15H18FN3O4S2. The first-order chi connectivity index (χ1) is 11.7. The van der Waals surface area contributed by atoms with Gasteiger partial charge in [-0.3, -0.25) is 4.90 Å². The molecule has 0 aromatic heterocycles. The number of hydrogen-bond acceptors (Lipinski definition) is 5. The van der Waals surface area contributed by atoms with Crippen LogP contribution >= 0.6 is 12.2 Å². The van der Waals surface area contributed by atoms with Crippen molar-refractivity contribution in [3.8, 4) is 0 Å². The predicted molar refractivity (Wildman–Crippen MR) is 94.8 cm³/mol. The number of cyclic esters (lactones) is 1. The third kappa shape index (κ3) is 4.07. The van der Waals surface area contributed by atoms with Crippen molar-refractivity contribution < 1.29 is 22.3 Å². The Kier molecular flexibility index (Phi) is 4.94. The second-order valence-electron chi connectivity index (χ2n) is 6.09. The van der Waals surface area contributed by atoms with Crippen molar-refractivity contribution in [3.63, 3.8) is 0 Å². The zero-order valence-corrected chi connectivity index (χ0v) is 15.1. The molecule has 7 nitrogen and oxygen atoms in total. The lowest BCUT2D eigenvalue weighted by Crippen LogP contribution is -2.32. The van der Waals surface area contributed by atoms with Crippen LogP contribution in [0, 0.1) is 5.82 Å². The summed E-state index contributed by atoms with van der Waals surface area (Å²) in [7, 11) is -3.33. The maximum absolute atomic E-state index is 14.5. The minimum atomic E-state index is -3.33. The SMILES string of the molecule is CC(=S)NC[C@H]1CN(c2ccc(C3CNS(=O)(=O)C3)c(F)c2)C(=O)O1. The molecule has 0 saturated carbocycles. The number of carbonyl (C=O) groups excluding carboxylic acids is 1. The number of nitrogens with one attached hydrogen (secondary N) is 2. The quantitative estimate of drug-likeness (QED) is 0.753. The second-order valence-corrected chi connectivity index (χ2v) is 8.55. The van der Waals surface area contributed by atoms with Crippen LogP contribution in [0.3, 0.4) is 0 Å². The van der Waals surface area contributed by atoms with Gasteiger partial charge < -0.3 is 10.1 Å². The second kappa shape index (κ2) is 6.85. The lowest BCUT2D eigenvalue weighted by Gasteiger charge is -2.16. The van der Waals surface area contributed by atoms with Gasteiger partial charge in [0.25, 0.3) is 0 Å². The van der Waals surface area contributed by atoms with E-state index in [-0.39, 0.29) is 24.9 Å². The minimum absolute atomic E-state index is 0.139. The van der Waals surface area contributed by atoms with Crippen molar-refractivity contribution in [2.45, 2.75) is 18.9 Å². The largest absolute Gasteiger partial charge is 0.442 e. The number of benzene rings is 1. The number of sulfonamides is 1. The molecule has 3 rings (SSSR count). The molecule has 136 valence electrons. The van der Waals surface area contributed by atoms with Crippen LogP contribution in [0.4, 0.5) is 14.9 Å². The summed E-state index contributed by atoms with van der Waals surface area (Å²) >= 11 is 4.92. The van der Waals surface area contributed by atoms with Crippen LogP contribution in [0.25, 0.3) is 0 Å². The van der Waals surface area contributed by atoms with E-state index in [2.05, 4.69) is 10.0 Å². The van der Waals surface area contributed by atoms with Gasteiger partial charge in [-0.25, -0.2) is 22.3 Å². The van der Waals surface area contributed by atoms with E-state index >= 15 is 0 Å². The van der Waals surface area contributed by atoms with E-state index in [1.165, 1.54) is 17.0 Å². The van der Waals surface area contributed by atoms with E-state index in [4.69, 9.17) is 17.0 Å². The van der Waals surface area contributed by atoms with Crippen LogP contribution in [0.1, 0.15) is 18.4 Å². The summed E-state index contributed by atoms with van der Waals surface area (Å²) in [5, 5.41) is 2.93. The number of thiocarbonyl (C=S) groups is 1. The molecule has 1 unspecified atom stereocenters. The molecular weight excluding hydrogens is 369 g/mol. The number of amides is 1. The minimum Gasteiger partial charge on any atom is -0.442 e. The number of ether oxygens (including phenoxy) is 1. The molecule has 2 saturated heterocycles. The van der Waals surface area contributed by atoms with Crippen LogP contribution in [-0.2, 0) is 14.8 Å². The average molecular weight is 387 g/mol. The fourth-order valence-corrected chi connectivity index (χ4v) is 4.40. The molecule has 2 fully saturated rings. The summed E-state index contributed by atoms with van der Waals surface area (Å²) in [6.07, 6.45) is -0.927. The summed E-state index contributed by atoms with van der Waals surface area (Å²) in [5.41, 5.74) is 0.695. The monoisotopic (exact) mass is 387 g/mol. The van der Waals surface area contributed by atoms with Crippen LogP contribution in [0.5, 0.6) is 0 Å². The Bertz CT molecular complexity index is 815. The van der Waals surface area contributed by atoms with Crippen molar-refractivity contribution in [1.29, 1.82) is 0 Å². The smallest absolute Gasteiger partial charge is 0.414 e. The van der Waals surface area contributed by atoms with Crippen LogP contribution in [0.15, 0.2) is 18.2 Å². The summed E-state index contributed by atoms with van der Waals surface area (Å²) in [4.78, 5) is 13.9. The fraction of sp³-hybridized carbons (Fsp3) is 0.467. The highest BCUT2D eigenvalue weighted by atomic mass is 32.2. The summed E-state index contributed by atoms with van der Waals surface area (Å²) in [6, 6.07) is 4.37. The normalized spacial score (nSPS) is 25.0. The molecule has 10 heteroatoms. The summed E-state index contributed by atoms with van der Waals surface area (Å²) < 4.78 is 45.0. The third-order valence-electron chi connectivity index (χ3n) is 4.16. The van der Waals surface area contributed by atoms with Crippen molar-refractivity contribution in [1.82, 2.24) is 10.0 Å². The van der Waals surface area contributed by atoms with Gasteiger partial charge in [-0.05, 0) is 24.6 Å². The molecule has 0 radical (unpaired) electrons. The Morgan fingerprint density at radius 1 is 1.52 bits per heavy atom. The molecule has 25 heavy (non-hydrogen) atoms. The zero-order chi connectivity index (χ0) is 18.2. The Hall–Kier alpha value is -1.78. The first-order valence-corrected chi connectivity index (χ1v) is 9.80. The van der Waals surface area contributed by atoms with Crippen LogP contribution in [-0.4, -0.2) is 51.0 Å². The molecule has 2 heterocycles. The Balaban J connectivity index is 1.72. The van der Waals surface area contributed by atoms with Crippen molar-refractivity contribution in [2.24, 2.45) is 0 Å². The number of anilines is 1. The van der Waals surface area contributed by atoms with E-state index in [9.17, 15) is 17.6 Å². The fourth-order valence-electron chi connectivity index (χ4n) is 2.92. The maximum atomic E-state index is 14.5. The zero-order valence-electron chi connectivity index (χ0n) is 13.5. The Morgan fingerprint density at radius 3 is 2.88 bits per heavy atom. The lowest BCUT2D eigenvalue weighted by molar-refractivity contribution is 0.143. The molecule has 1 aromatic rings. The standard InChI is InChI=1S/C15H18FN3O4S2/c1-9(24)17-6-12-7-19(15(20)23-12)11-2-3-13(14(16)4-11)10-5-18-25(21,22)8-10/h2-4,10,12,18H,5-8H2,1H3,(H,17,24)/t10?,12-/m0/s1. The first-order valence-electron chi connectivity index (χ1n) is 7.74. The average Bonchev–Trinajstić information content (AvgIpc) is 3.07. The molecule has 1 aromatic carbocycles. The highest BCUT2D eigenvalue weighted by Gasteiger charge is 2.34. The van der Waals surface area contributed by atoms with E-state index < -0.39 is 27.9 Å². The number of nitrogens with zero attached hydrogens (tertiary/aromatic N) is 1. The van der Waals surface area contributed by atoms with E-state index in [0.717, 1.165) is 0 Å². The van der Waals surface area contributed by atoms with Crippen LogP contribution < -0.4 is 14.9 Å². The molecule has 0 aliphatic carbocycles. The highest BCUT2D eigenvalue weighted by molar-refractivity contribution is 7.89. The number of carbonyl (C=O) groups is 1. The molecule has 2 aliphatic rings. The van der Waals surface area contributed by atoms with Gasteiger partial charge in [0.05, 0.1) is 29.5 Å². The van der Waals surface area contributed by atoms with Crippen molar-refractivity contribution in [2.75, 3.05) is 30.3 Å². The van der Waals surface area contributed by atoms with Crippen LogP contribution in [0.2, 0.25) is 0 Å². The van der Waals surface area contributed by atoms with Gasteiger partial charge >= 0.3 is 6.09 Å². The summed E-state index contributed by atoms with van der Waals surface area (Å²) in [6.45, 7) is 2.58. The number of rotatable bonds is 4. The highest BCUT2D eigenvalue weighted by Crippen LogP contribution is 2.29. The number of hydrogen-bond donors (Lipinski definition) is 2. The summed E-state index contributed by atoms with van der Waals surface area (Å²) in [5.74, 6) is -1.11. The van der Waals surface area contributed by atoms with Gasteiger partial charge in [0.15, 0.2) is 0 Å². The van der Waals surface area contributed by atoms with Gasteiger partial charge in [0, 0.05) is 12.5 Å². The molecule has 0 spiro atoms. The molecule has 1 amide bonds. The van der Waals surface area contributed by atoms with Gasteiger partial charge in [-0.1, -0.05) is 18.3 Å². The van der Waals surface area contributed by atoms with Gasteiger partial charge in [0.2, 0.25) is 10.0 Å². The van der Waals surface area contributed by atoms with E-state index in [1.54, 1.807) is 13.0 Å². The predicted octanol–water partition coefficient (Wildman–Crippen LogP) is 1.10. The lowest BCUT2D eigenvalue weighted by atomic mass is 10.00. The molecule has 2 aliphatic heterocycles. The van der Waals surface area contributed by atoms with Gasteiger partial charge in [0.1, 0.15) is 11.9 Å². The Morgan fingerprint density at radius 2 is 2.28 bits per heavy atom. The Labute approximate surface area is 150 Å². The maximum Gasteiger partial charge on any atom is 0.414 e. The van der Waals surface area contributed by atoms with Crippen molar-refractivity contribution >= 4 is 39.0 Å². The van der Waals surface area contributed by atoms with Gasteiger partial charge in [-0.2, -0.15) is 0 Å². The molecule has 2 N–H and O–H groups in total. The third-order valence-corrected chi connectivity index (χ3v) is 5.75. The molecule has 0 bridgehead atoms.